The topological polar surface area (TPSA) is 48.3 Å². The van der Waals surface area contributed by atoms with E-state index in [1.807, 2.05) is 0 Å². The fourth-order valence-electron chi connectivity index (χ4n) is 2.50. The van der Waals surface area contributed by atoms with Crippen LogP contribution in [-0.2, 0) is 0 Å². The molecule has 0 unspecified atom stereocenters. The monoisotopic (exact) mass is 403 g/mol. The van der Waals surface area contributed by atoms with Crippen molar-refractivity contribution in [3.63, 3.8) is 0 Å². The molecule has 4 nitrogen and oxygen atoms in total. The van der Waals surface area contributed by atoms with E-state index in [9.17, 15) is 17.6 Å². The standard InChI is InChI=1S/C15H17F4N3O.2ClH/c16-14(17)15(18,19)23-12-3-1-11(2-4-12)13(5-6-20)22-9-7-21-8-10-22;;/h1-4,13-14,21H,5,7-10H2;2*1H/t13-;;/m0../s1. The van der Waals surface area contributed by atoms with Gasteiger partial charge < -0.3 is 10.1 Å². The number of hydrogen-bond acceptors (Lipinski definition) is 4. The summed E-state index contributed by atoms with van der Waals surface area (Å²) in [6, 6.07) is 7.46. The van der Waals surface area contributed by atoms with E-state index in [1.165, 1.54) is 24.3 Å². The van der Waals surface area contributed by atoms with Gasteiger partial charge in [0, 0.05) is 32.2 Å². The van der Waals surface area contributed by atoms with Gasteiger partial charge in [0.25, 0.3) is 0 Å². The minimum absolute atomic E-state index is 0. The summed E-state index contributed by atoms with van der Waals surface area (Å²) >= 11 is 0. The van der Waals surface area contributed by atoms with Crippen LogP contribution < -0.4 is 10.1 Å². The highest BCUT2D eigenvalue weighted by molar-refractivity contribution is 5.85. The van der Waals surface area contributed by atoms with Crippen LogP contribution >= 0.6 is 24.8 Å². The predicted molar refractivity (Wildman–Crippen MR) is 89.9 cm³/mol. The first-order chi connectivity index (χ1) is 10.9. The molecule has 0 aliphatic carbocycles. The average Bonchev–Trinajstić information content (AvgIpc) is 2.54. The van der Waals surface area contributed by atoms with Gasteiger partial charge in [0.05, 0.1) is 12.5 Å². The number of ether oxygens (including phenoxy) is 1. The van der Waals surface area contributed by atoms with Crippen LogP contribution in [0.2, 0.25) is 0 Å². The number of piperazine rings is 1. The first kappa shape index (κ1) is 23.7. The molecule has 0 spiro atoms. The molecule has 1 aliphatic rings. The van der Waals surface area contributed by atoms with Gasteiger partial charge in [0.2, 0.25) is 0 Å². The second kappa shape index (κ2) is 10.7. The third-order valence-corrected chi connectivity index (χ3v) is 3.65. The Morgan fingerprint density at radius 3 is 2.20 bits per heavy atom. The number of halogens is 6. The van der Waals surface area contributed by atoms with E-state index in [4.69, 9.17) is 5.26 Å². The van der Waals surface area contributed by atoms with E-state index in [-0.39, 0.29) is 43.0 Å². The van der Waals surface area contributed by atoms with Gasteiger partial charge in [-0.05, 0) is 17.7 Å². The van der Waals surface area contributed by atoms with Gasteiger partial charge in [0.15, 0.2) is 0 Å². The normalized spacial score (nSPS) is 16.3. The number of alkyl halides is 4. The third-order valence-electron chi connectivity index (χ3n) is 3.65. The Morgan fingerprint density at radius 2 is 1.72 bits per heavy atom. The second-order valence-electron chi connectivity index (χ2n) is 5.20. The minimum atomic E-state index is -4.52. The van der Waals surface area contributed by atoms with Gasteiger partial charge in [-0.1, -0.05) is 12.1 Å². The molecule has 1 N–H and O–H groups in total. The Hall–Kier alpha value is -1.27. The van der Waals surface area contributed by atoms with Crippen molar-refractivity contribution in [1.82, 2.24) is 10.2 Å². The van der Waals surface area contributed by atoms with Crippen molar-refractivity contribution in [2.75, 3.05) is 26.2 Å². The molecule has 142 valence electrons. The molecule has 0 aromatic heterocycles. The number of rotatable bonds is 6. The molecule has 1 saturated heterocycles. The molecule has 1 aromatic rings. The van der Waals surface area contributed by atoms with Crippen molar-refractivity contribution in [3.05, 3.63) is 29.8 Å². The van der Waals surface area contributed by atoms with Crippen LogP contribution in [0.3, 0.4) is 0 Å². The summed E-state index contributed by atoms with van der Waals surface area (Å²) in [5, 5.41) is 12.2. The third kappa shape index (κ3) is 6.51. The molecule has 0 amide bonds. The smallest absolute Gasteiger partial charge is 0.428 e. The molecule has 1 fully saturated rings. The molecule has 0 bridgehead atoms. The van der Waals surface area contributed by atoms with E-state index in [1.54, 1.807) is 0 Å². The van der Waals surface area contributed by atoms with Crippen LogP contribution in [0.25, 0.3) is 0 Å². The lowest BCUT2D eigenvalue weighted by atomic mass is 10.0. The first-order valence-electron chi connectivity index (χ1n) is 7.20. The highest BCUT2D eigenvalue weighted by Gasteiger charge is 2.43. The highest BCUT2D eigenvalue weighted by atomic mass is 35.5. The van der Waals surface area contributed by atoms with Gasteiger partial charge in [0.1, 0.15) is 5.75 Å². The lowest BCUT2D eigenvalue weighted by Crippen LogP contribution is -2.45. The Morgan fingerprint density at radius 1 is 1.16 bits per heavy atom. The van der Waals surface area contributed by atoms with E-state index in [0.29, 0.717) is 0 Å². The maximum Gasteiger partial charge on any atom is 0.461 e. The van der Waals surface area contributed by atoms with E-state index in [0.717, 1.165) is 31.7 Å². The predicted octanol–water partition coefficient (Wildman–Crippen LogP) is 3.63. The fraction of sp³-hybridized carbons (Fsp3) is 0.533. The summed E-state index contributed by atoms with van der Waals surface area (Å²) in [5.74, 6) is -0.338. The summed E-state index contributed by atoms with van der Waals surface area (Å²) in [7, 11) is 0. The summed E-state index contributed by atoms with van der Waals surface area (Å²) in [4.78, 5) is 2.13. The molecule has 1 aliphatic heterocycles. The molecule has 1 heterocycles. The molecular formula is C15H19Cl2F4N3O. The average molecular weight is 404 g/mol. The van der Waals surface area contributed by atoms with Crippen LogP contribution in [0.15, 0.2) is 24.3 Å². The van der Waals surface area contributed by atoms with Crippen molar-refractivity contribution in [1.29, 1.82) is 5.26 Å². The second-order valence-corrected chi connectivity index (χ2v) is 5.20. The maximum atomic E-state index is 12.9. The zero-order chi connectivity index (χ0) is 16.9. The molecule has 2 rings (SSSR count). The molecule has 10 heteroatoms. The van der Waals surface area contributed by atoms with Crippen molar-refractivity contribution in [2.45, 2.75) is 25.0 Å². The molecule has 1 atom stereocenters. The first-order valence-corrected chi connectivity index (χ1v) is 7.20. The zero-order valence-electron chi connectivity index (χ0n) is 13.1. The fourth-order valence-corrected chi connectivity index (χ4v) is 2.50. The van der Waals surface area contributed by atoms with Crippen molar-refractivity contribution >= 4 is 24.8 Å². The summed E-state index contributed by atoms with van der Waals surface area (Å²) in [6.07, 6.45) is -8.16. The van der Waals surface area contributed by atoms with Gasteiger partial charge in [-0.2, -0.15) is 22.8 Å². The van der Waals surface area contributed by atoms with Gasteiger partial charge in [-0.25, -0.2) is 0 Å². The zero-order valence-corrected chi connectivity index (χ0v) is 14.8. The number of nitriles is 1. The molecule has 25 heavy (non-hydrogen) atoms. The van der Waals surface area contributed by atoms with Crippen LogP contribution in [0, 0.1) is 11.3 Å². The number of benzene rings is 1. The molecule has 0 saturated carbocycles. The summed E-state index contributed by atoms with van der Waals surface area (Å²) < 4.78 is 54.0. The lowest BCUT2D eigenvalue weighted by molar-refractivity contribution is -0.253. The molecule has 0 radical (unpaired) electrons. The SMILES string of the molecule is Cl.Cl.N#CC[C@@H](c1ccc(OC(F)(F)C(F)F)cc1)N1CCNCC1. The van der Waals surface area contributed by atoms with Gasteiger partial charge in [-0.15, -0.1) is 24.8 Å². The van der Waals surface area contributed by atoms with E-state index < -0.39 is 12.5 Å². The number of nitrogens with one attached hydrogen (secondary N) is 1. The van der Waals surface area contributed by atoms with Crippen LogP contribution in [0.4, 0.5) is 17.6 Å². The minimum Gasteiger partial charge on any atom is -0.428 e. The van der Waals surface area contributed by atoms with Crippen molar-refractivity contribution in [2.24, 2.45) is 0 Å². The number of nitrogens with zero attached hydrogens (tertiary/aromatic N) is 2. The Kier molecular flexibility index (Phi) is 10.1. The number of hydrogen-bond donors (Lipinski definition) is 1. The van der Waals surface area contributed by atoms with Crippen LogP contribution in [0.5, 0.6) is 5.75 Å². The largest absolute Gasteiger partial charge is 0.461 e. The van der Waals surface area contributed by atoms with Gasteiger partial charge >= 0.3 is 12.5 Å². The molecular weight excluding hydrogens is 385 g/mol. The maximum absolute atomic E-state index is 12.9. The Balaban J connectivity index is 0.00000288. The molecule has 1 aromatic carbocycles. The van der Waals surface area contributed by atoms with E-state index in [2.05, 4.69) is 21.0 Å². The quantitative estimate of drug-likeness (QED) is 0.736. The van der Waals surface area contributed by atoms with Gasteiger partial charge in [-0.3, -0.25) is 4.90 Å². The lowest BCUT2D eigenvalue weighted by Gasteiger charge is -2.34. The highest BCUT2D eigenvalue weighted by Crippen LogP contribution is 2.30. The van der Waals surface area contributed by atoms with E-state index >= 15 is 0 Å². The summed E-state index contributed by atoms with van der Waals surface area (Å²) in [5.41, 5.74) is 0.765. The van der Waals surface area contributed by atoms with Crippen molar-refractivity contribution < 1.29 is 22.3 Å². The van der Waals surface area contributed by atoms with Crippen LogP contribution in [-0.4, -0.2) is 43.6 Å². The Labute approximate surface area is 155 Å². The van der Waals surface area contributed by atoms with Crippen molar-refractivity contribution in [3.8, 4) is 11.8 Å². The Bertz CT molecular complexity index is 549. The van der Waals surface area contributed by atoms with Crippen LogP contribution in [0.1, 0.15) is 18.0 Å². The summed E-state index contributed by atoms with van der Waals surface area (Å²) in [6.45, 7) is 3.16.